The van der Waals surface area contributed by atoms with Gasteiger partial charge >= 0.3 is 6.09 Å². The number of carboxylic acid groups (broad SMARTS) is 1. The largest absolute Gasteiger partial charge is 0.490 e. The Balaban J connectivity index is 2.70. The summed E-state index contributed by atoms with van der Waals surface area (Å²) in [5.74, 6) is 0.285. The van der Waals surface area contributed by atoms with Crippen molar-refractivity contribution in [2.45, 2.75) is 18.4 Å². The van der Waals surface area contributed by atoms with Crippen LogP contribution >= 0.6 is 0 Å². The molecule has 5 nitrogen and oxygen atoms in total. The van der Waals surface area contributed by atoms with Crippen LogP contribution in [0.2, 0.25) is 0 Å². The van der Waals surface area contributed by atoms with E-state index in [2.05, 4.69) is 12.3 Å². The average Bonchev–Trinajstić information content (AvgIpc) is 2.19. The fourth-order valence-electron chi connectivity index (χ4n) is 1.72. The van der Waals surface area contributed by atoms with E-state index in [0.29, 0.717) is 25.9 Å². The topological polar surface area (TPSA) is 70.0 Å². The van der Waals surface area contributed by atoms with E-state index in [4.69, 9.17) is 9.84 Å². The maximum Gasteiger partial charge on any atom is 0.407 e. The fraction of sp³-hybridized carbons (Fsp3) is 0.600. The predicted molar refractivity (Wildman–Crippen MR) is 53.4 cm³/mol. The molecule has 0 saturated carbocycles. The van der Waals surface area contributed by atoms with Gasteiger partial charge in [0.25, 0.3) is 0 Å². The van der Waals surface area contributed by atoms with Crippen molar-refractivity contribution in [3.05, 3.63) is 18.1 Å². The molecular weight excluding hydrogens is 198 g/mol. The Kier molecular flexibility index (Phi) is 3.39. The number of methoxy groups -OCH3 is 1. The fourth-order valence-corrected chi connectivity index (χ4v) is 1.72. The molecule has 1 rings (SSSR count). The Morgan fingerprint density at radius 3 is 2.40 bits per heavy atom. The first-order valence-electron chi connectivity index (χ1n) is 4.68. The lowest BCUT2D eigenvalue weighted by atomic mass is 9.90. The van der Waals surface area contributed by atoms with Crippen LogP contribution in [0.3, 0.4) is 0 Å². The predicted octanol–water partition coefficient (Wildman–Crippen LogP) is 0.806. The maximum absolute atomic E-state index is 10.7. The van der Waals surface area contributed by atoms with Gasteiger partial charge in [-0.25, -0.2) is 4.79 Å². The van der Waals surface area contributed by atoms with Crippen LogP contribution in [0.5, 0.6) is 0 Å². The smallest absolute Gasteiger partial charge is 0.407 e. The van der Waals surface area contributed by atoms with Crippen LogP contribution in [-0.2, 0) is 4.74 Å². The van der Waals surface area contributed by atoms with Gasteiger partial charge in [-0.3, -0.25) is 0 Å². The number of rotatable bonds is 2. The molecule has 0 aliphatic carbocycles. The van der Waals surface area contributed by atoms with Crippen LogP contribution < -0.4 is 0 Å². The van der Waals surface area contributed by atoms with Gasteiger partial charge in [0.1, 0.15) is 5.60 Å². The molecule has 0 unspecified atom stereocenters. The normalized spacial score (nSPS) is 19.2. The van der Waals surface area contributed by atoms with Crippen LogP contribution in [0.4, 0.5) is 4.79 Å². The van der Waals surface area contributed by atoms with Crippen LogP contribution in [0, 0.1) is 0 Å². The molecular formula is C10H15NO4. The van der Waals surface area contributed by atoms with Gasteiger partial charge in [-0.1, -0.05) is 12.3 Å². The van der Waals surface area contributed by atoms with Crippen LogP contribution in [0.25, 0.3) is 0 Å². The third-order valence-electron chi connectivity index (χ3n) is 2.65. The maximum atomic E-state index is 10.7. The first-order valence-corrected chi connectivity index (χ1v) is 4.68. The lowest BCUT2D eigenvalue weighted by molar-refractivity contribution is -0.0239. The van der Waals surface area contributed by atoms with Crippen molar-refractivity contribution >= 4 is 6.09 Å². The van der Waals surface area contributed by atoms with Crippen molar-refractivity contribution in [1.82, 2.24) is 4.90 Å². The summed E-state index contributed by atoms with van der Waals surface area (Å²) in [6.07, 6.45) is -0.339. The molecule has 84 valence electrons. The molecule has 1 aliphatic heterocycles. The minimum absolute atomic E-state index is 0.285. The monoisotopic (exact) mass is 213 g/mol. The Morgan fingerprint density at radius 1 is 1.53 bits per heavy atom. The second-order valence-corrected chi connectivity index (χ2v) is 3.51. The highest BCUT2D eigenvalue weighted by Gasteiger charge is 2.38. The first-order chi connectivity index (χ1) is 7.03. The van der Waals surface area contributed by atoms with Gasteiger partial charge < -0.3 is 19.8 Å². The molecule has 0 radical (unpaired) electrons. The van der Waals surface area contributed by atoms with Crippen molar-refractivity contribution in [3.8, 4) is 0 Å². The highest BCUT2D eigenvalue weighted by atomic mass is 16.5. The molecule has 0 aromatic rings. The summed E-state index contributed by atoms with van der Waals surface area (Å²) in [5.41, 5.74) is 1.41. The Morgan fingerprint density at radius 2 is 2.07 bits per heavy atom. The molecule has 0 atom stereocenters. The summed E-state index contributed by atoms with van der Waals surface area (Å²) < 4.78 is 4.96. The van der Waals surface area contributed by atoms with E-state index in [9.17, 15) is 9.90 Å². The Hall–Kier alpha value is -1.45. The van der Waals surface area contributed by atoms with Crippen LogP contribution in [-0.4, -0.2) is 47.0 Å². The minimum Gasteiger partial charge on any atom is -0.490 e. The summed E-state index contributed by atoms with van der Waals surface area (Å²) in [4.78, 5) is 11.9. The van der Waals surface area contributed by atoms with Gasteiger partial charge in [0.2, 0.25) is 0 Å². The minimum atomic E-state index is -1.12. The zero-order chi connectivity index (χ0) is 11.5. The van der Waals surface area contributed by atoms with Crippen molar-refractivity contribution in [1.29, 1.82) is 0 Å². The van der Waals surface area contributed by atoms with Gasteiger partial charge in [0, 0.05) is 25.9 Å². The molecule has 1 heterocycles. The van der Waals surface area contributed by atoms with Gasteiger partial charge in [-0.05, 0) is 0 Å². The van der Waals surface area contributed by atoms with Crippen molar-refractivity contribution in [3.63, 3.8) is 0 Å². The first kappa shape index (κ1) is 11.6. The summed E-state index contributed by atoms with van der Waals surface area (Å²) in [7, 11) is 1.44. The summed E-state index contributed by atoms with van der Waals surface area (Å²) in [6, 6.07) is 0. The molecule has 5 heteroatoms. The number of hydrogen-bond acceptors (Lipinski definition) is 3. The highest BCUT2D eigenvalue weighted by Crippen LogP contribution is 2.29. The van der Waals surface area contributed by atoms with Gasteiger partial charge in [0.15, 0.2) is 5.76 Å². The average molecular weight is 213 g/mol. The van der Waals surface area contributed by atoms with E-state index in [1.807, 2.05) is 0 Å². The molecule has 1 saturated heterocycles. The van der Waals surface area contributed by atoms with Crippen molar-refractivity contribution in [2.24, 2.45) is 0 Å². The second kappa shape index (κ2) is 4.38. The number of piperidine rings is 1. The number of amides is 1. The van der Waals surface area contributed by atoms with Gasteiger partial charge in [-0.15, -0.1) is 0 Å². The molecule has 1 aliphatic rings. The molecule has 2 N–H and O–H groups in total. The third kappa shape index (κ3) is 2.32. The molecule has 0 aromatic carbocycles. The zero-order valence-electron chi connectivity index (χ0n) is 8.69. The summed E-state index contributed by atoms with van der Waals surface area (Å²) in [6.45, 7) is 4.01. The Labute approximate surface area is 88.3 Å². The zero-order valence-corrected chi connectivity index (χ0v) is 8.69. The van der Waals surface area contributed by atoms with E-state index < -0.39 is 11.7 Å². The standard InChI is InChI=1S/C10H15NO4/c1-3-8(15-2)10(14)4-6-11(7-5-10)9(12)13/h14H,1,4-7H2,2H3,(H,12,13). The number of carbonyl (C=O) groups is 1. The highest BCUT2D eigenvalue weighted by molar-refractivity contribution is 5.65. The van der Waals surface area contributed by atoms with E-state index in [1.165, 1.54) is 12.0 Å². The van der Waals surface area contributed by atoms with Crippen molar-refractivity contribution in [2.75, 3.05) is 20.2 Å². The summed E-state index contributed by atoms with van der Waals surface area (Å²) in [5, 5.41) is 18.9. The van der Waals surface area contributed by atoms with Gasteiger partial charge in [0.05, 0.1) is 7.11 Å². The quantitative estimate of drug-likeness (QED) is 0.526. The lowest BCUT2D eigenvalue weighted by Gasteiger charge is -2.36. The number of ether oxygens (including phenoxy) is 1. The molecule has 0 aromatic heterocycles. The third-order valence-corrected chi connectivity index (χ3v) is 2.65. The van der Waals surface area contributed by atoms with Gasteiger partial charge in [-0.2, -0.15) is 0 Å². The molecule has 15 heavy (non-hydrogen) atoms. The van der Waals surface area contributed by atoms with Crippen LogP contribution in [0.15, 0.2) is 18.1 Å². The molecule has 1 amide bonds. The molecule has 0 spiro atoms. The Bertz CT molecular complexity index is 299. The number of aliphatic hydroxyl groups is 1. The van der Waals surface area contributed by atoms with E-state index in [0.717, 1.165) is 0 Å². The van der Waals surface area contributed by atoms with Crippen LogP contribution in [0.1, 0.15) is 12.8 Å². The second-order valence-electron chi connectivity index (χ2n) is 3.51. The van der Waals surface area contributed by atoms with E-state index in [-0.39, 0.29) is 5.76 Å². The lowest BCUT2D eigenvalue weighted by Crippen LogP contribution is -2.47. The van der Waals surface area contributed by atoms with E-state index >= 15 is 0 Å². The molecule has 1 fully saturated rings. The molecule has 0 bridgehead atoms. The number of hydrogen-bond donors (Lipinski definition) is 2. The number of likely N-dealkylation sites (tertiary alicyclic amines) is 1. The summed E-state index contributed by atoms with van der Waals surface area (Å²) >= 11 is 0. The number of nitrogens with zero attached hydrogens (tertiary/aromatic N) is 1. The van der Waals surface area contributed by atoms with E-state index in [1.54, 1.807) is 0 Å². The van der Waals surface area contributed by atoms with Crippen molar-refractivity contribution < 1.29 is 19.7 Å². The SMILES string of the molecule is C=C=C(OC)C1(O)CCN(C(=O)O)CC1.